The summed E-state index contributed by atoms with van der Waals surface area (Å²) < 4.78 is 12.4. The number of halogens is 1. The Morgan fingerprint density at radius 3 is 2.20 bits per heavy atom. The Labute approximate surface area is 270 Å². The minimum Gasteiger partial charge on any atom is -0.494 e. The number of hydrogen-bond donors (Lipinski definition) is 1. The van der Waals surface area contributed by atoms with E-state index in [1.54, 1.807) is 51.1 Å². The Morgan fingerprint density at radius 2 is 1.62 bits per heavy atom. The number of benzene rings is 2. The van der Waals surface area contributed by atoms with Crippen molar-refractivity contribution in [2.24, 2.45) is 11.8 Å². The molecule has 3 saturated heterocycles. The number of nitrogens with zero attached hydrogens (tertiary/aromatic N) is 3. The van der Waals surface area contributed by atoms with E-state index in [-0.39, 0.29) is 44.0 Å². The molecule has 45 heavy (non-hydrogen) atoms. The van der Waals surface area contributed by atoms with Crippen LogP contribution in [0.25, 0.3) is 0 Å². The molecule has 0 radical (unpaired) electrons. The fraction of sp³-hybridized carbons (Fsp3) is 0.457. The molecule has 2 bridgehead atoms. The standard InChI is InChI=1S/C35H42ClN3O6/c1-5-20-37(26-14-16-27(17-15-26)44-7-3)31(41)28-29-32(42)39(22-8-9-23-40)30(35(29)19-18-34(28,4)45-35)33(43)38(21-6-2)25-12-10-24(36)11-13-25/h5-6,10-17,28-30,40H,1-2,7-9,18-23H2,3-4H3/t28-,29-,30?,34+,35?/m0/s1. The number of fused-ring (bicyclic) bond motifs is 1. The third-order valence-electron chi connectivity index (χ3n) is 9.34. The van der Waals surface area contributed by atoms with Gasteiger partial charge in [-0.05, 0) is 88.1 Å². The van der Waals surface area contributed by atoms with E-state index in [0.717, 1.165) is 0 Å². The van der Waals surface area contributed by atoms with Gasteiger partial charge in [0.05, 0.1) is 24.0 Å². The van der Waals surface area contributed by atoms with Gasteiger partial charge in [-0.3, -0.25) is 14.4 Å². The molecule has 0 saturated carbocycles. The third kappa shape index (κ3) is 5.77. The van der Waals surface area contributed by atoms with Crippen molar-refractivity contribution in [1.82, 2.24) is 4.90 Å². The maximum Gasteiger partial charge on any atom is 0.253 e. The van der Waals surface area contributed by atoms with Crippen molar-refractivity contribution < 1.29 is 29.0 Å². The van der Waals surface area contributed by atoms with Crippen molar-refractivity contribution in [3.8, 4) is 5.75 Å². The smallest absolute Gasteiger partial charge is 0.253 e. The van der Waals surface area contributed by atoms with E-state index in [1.165, 1.54) is 0 Å². The molecule has 3 amide bonds. The van der Waals surface area contributed by atoms with Gasteiger partial charge >= 0.3 is 0 Å². The molecule has 3 aliphatic rings. The summed E-state index contributed by atoms with van der Waals surface area (Å²) in [5, 5.41) is 10.0. The molecular weight excluding hydrogens is 594 g/mol. The molecule has 3 aliphatic heterocycles. The van der Waals surface area contributed by atoms with Gasteiger partial charge in [-0.2, -0.15) is 0 Å². The van der Waals surface area contributed by atoms with E-state index < -0.39 is 29.1 Å². The van der Waals surface area contributed by atoms with Crippen LogP contribution in [0.3, 0.4) is 0 Å². The highest BCUT2D eigenvalue weighted by molar-refractivity contribution is 6.30. The Morgan fingerprint density at radius 1 is 1.02 bits per heavy atom. The largest absolute Gasteiger partial charge is 0.494 e. The summed E-state index contributed by atoms with van der Waals surface area (Å²) in [5.41, 5.74) is -0.860. The van der Waals surface area contributed by atoms with Crippen molar-refractivity contribution >= 4 is 40.7 Å². The first kappa shape index (κ1) is 32.7. The summed E-state index contributed by atoms with van der Waals surface area (Å²) in [5.74, 6) is -1.79. The minimum absolute atomic E-state index is 0.0309. The highest BCUT2D eigenvalue weighted by Crippen LogP contribution is 2.63. The van der Waals surface area contributed by atoms with Crippen LogP contribution in [-0.2, 0) is 19.1 Å². The van der Waals surface area contributed by atoms with E-state index in [2.05, 4.69) is 13.2 Å². The summed E-state index contributed by atoms with van der Waals surface area (Å²) in [6.45, 7) is 12.7. The number of likely N-dealkylation sites (tertiary alicyclic amines) is 1. The van der Waals surface area contributed by atoms with E-state index in [9.17, 15) is 19.5 Å². The zero-order valence-corrected chi connectivity index (χ0v) is 26.7. The van der Waals surface area contributed by atoms with Crippen LogP contribution < -0.4 is 14.5 Å². The lowest BCUT2D eigenvalue weighted by molar-refractivity contribution is -0.144. The normalized spacial score (nSPS) is 26.4. The number of unbranched alkanes of at least 4 members (excludes halogenated alkanes) is 1. The fourth-order valence-electron chi connectivity index (χ4n) is 7.44. The second-order valence-electron chi connectivity index (χ2n) is 12.1. The van der Waals surface area contributed by atoms with Crippen molar-refractivity contribution in [3.05, 3.63) is 78.9 Å². The van der Waals surface area contributed by atoms with Gasteiger partial charge < -0.3 is 29.3 Å². The van der Waals surface area contributed by atoms with Gasteiger partial charge in [0.1, 0.15) is 17.4 Å². The van der Waals surface area contributed by atoms with Gasteiger partial charge in [0, 0.05) is 42.6 Å². The molecule has 5 rings (SSSR count). The van der Waals surface area contributed by atoms with E-state index >= 15 is 0 Å². The first-order valence-corrected chi connectivity index (χ1v) is 16.0. The Hall–Kier alpha value is -3.66. The molecule has 2 aromatic carbocycles. The van der Waals surface area contributed by atoms with Crippen LogP contribution in [0.5, 0.6) is 5.75 Å². The molecule has 3 heterocycles. The molecule has 10 heteroatoms. The van der Waals surface area contributed by atoms with Gasteiger partial charge in [-0.1, -0.05) is 23.8 Å². The van der Waals surface area contributed by atoms with Crippen LogP contribution in [-0.4, -0.2) is 77.8 Å². The van der Waals surface area contributed by atoms with Crippen molar-refractivity contribution in [2.45, 2.75) is 56.8 Å². The van der Waals surface area contributed by atoms with Crippen LogP contribution in [0.4, 0.5) is 11.4 Å². The predicted molar refractivity (Wildman–Crippen MR) is 174 cm³/mol. The summed E-state index contributed by atoms with van der Waals surface area (Å²) in [6.07, 6.45) is 5.26. The third-order valence-corrected chi connectivity index (χ3v) is 9.59. The van der Waals surface area contributed by atoms with Crippen LogP contribution in [0.15, 0.2) is 73.8 Å². The SMILES string of the molecule is C=CCN(C(=O)C1N(CCCCO)C(=O)[C@@H]2[C@@H](C(=O)N(CC=C)c3ccc(OCC)cc3)[C@@]3(C)CCC12O3)c1ccc(Cl)cc1. The Bertz CT molecular complexity index is 1430. The maximum atomic E-state index is 14.7. The number of aliphatic hydroxyl groups excluding tert-OH is 1. The molecule has 1 N–H and O–H groups in total. The van der Waals surface area contributed by atoms with Crippen LogP contribution in [0, 0.1) is 11.8 Å². The van der Waals surface area contributed by atoms with Crippen molar-refractivity contribution in [3.63, 3.8) is 0 Å². The van der Waals surface area contributed by atoms with Crippen LogP contribution in [0.2, 0.25) is 5.02 Å². The molecule has 2 aromatic rings. The molecule has 240 valence electrons. The number of ether oxygens (including phenoxy) is 2. The van der Waals surface area contributed by atoms with Crippen molar-refractivity contribution in [1.29, 1.82) is 0 Å². The van der Waals surface area contributed by atoms with Gasteiger partial charge in [0.2, 0.25) is 11.8 Å². The quantitative estimate of drug-likeness (QED) is 0.231. The van der Waals surface area contributed by atoms with Crippen LogP contribution in [0.1, 0.15) is 39.5 Å². The molecule has 3 fully saturated rings. The van der Waals surface area contributed by atoms with Gasteiger partial charge in [0.15, 0.2) is 0 Å². The number of amides is 3. The molecule has 2 unspecified atom stereocenters. The molecule has 0 aliphatic carbocycles. The first-order valence-electron chi connectivity index (χ1n) is 15.6. The van der Waals surface area contributed by atoms with Crippen LogP contribution >= 0.6 is 11.6 Å². The highest BCUT2D eigenvalue weighted by atomic mass is 35.5. The topological polar surface area (TPSA) is 99.6 Å². The second-order valence-corrected chi connectivity index (χ2v) is 12.5. The lowest BCUT2D eigenvalue weighted by Gasteiger charge is -2.37. The number of rotatable bonds is 14. The molecular formula is C35H42ClN3O6. The number of aliphatic hydroxyl groups is 1. The fourth-order valence-corrected chi connectivity index (χ4v) is 7.57. The highest BCUT2D eigenvalue weighted by Gasteiger charge is 2.78. The average Bonchev–Trinajstić information content (AvgIpc) is 3.60. The zero-order chi connectivity index (χ0) is 32.4. The number of carbonyl (C=O) groups is 3. The molecule has 9 nitrogen and oxygen atoms in total. The lowest BCUT2D eigenvalue weighted by atomic mass is 9.66. The van der Waals surface area contributed by atoms with E-state index in [0.29, 0.717) is 54.4 Å². The van der Waals surface area contributed by atoms with E-state index in [1.807, 2.05) is 38.1 Å². The molecule has 5 atom stereocenters. The second kappa shape index (κ2) is 13.4. The Balaban J connectivity index is 1.55. The summed E-state index contributed by atoms with van der Waals surface area (Å²) >= 11 is 6.15. The maximum absolute atomic E-state index is 14.7. The number of carbonyl (C=O) groups excluding carboxylic acids is 3. The minimum atomic E-state index is -1.19. The lowest BCUT2D eigenvalue weighted by Crippen LogP contribution is -2.56. The number of hydrogen-bond acceptors (Lipinski definition) is 6. The predicted octanol–water partition coefficient (Wildman–Crippen LogP) is 5.01. The molecule has 0 aromatic heterocycles. The first-order chi connectivity index (χ1) is 21.7. The van der Waals surface area contributed by atoms with Gasteiger partial charge in [-0.15, -0.1) is 13.2 Å². The summed E-state index contributed by atoms with van der Waals surface area (Å²) in [7, 11) is 0. The van der Waals surface area contributed by atoms with Gasteiger partial charge in [0.25, 0.3) is 5.91 Å². The Kier molecular flexibility index (Phi) is 9.72. The zero-order valence-electron chi connectivity index (χ0n) is 26.0. The summed E-state index contributed by atoms with van der Waals surface area (Å²) in [6, 6.07) is 13.3. The van der Waals surface area contributed by atoms with Crippen molar-refractivity contribution in [2.75, 3.05) is 42.6 Å². The van der Waals surface area contributed by atoms with E-state index in [4.69, 9.17) is 21.1 Å². The summed E-state index contributed by atoms with van der Waals surface area (Å²) in [4.78, 5) is 48.6. The monoisotopic (exact) mass is 635 g/mol. The molecule has 1 spiro atoms. The number of anilines is 2. The van der Waals surface area contributed by atoms with Gasteiger partial charge in [-0.25, -0.2) is 0 Å². The average molecular weight is 636 g/mol.